The average molecular weight is 481 g/mol. The Morgan fingerprint density at radius 2 is 1.29 bits per heavy atom. The number of nitrogens with zero attached hydrogens (tertiary/aromatic N) is 1. The molecular formula is C26H12F5NOS. The van der Waals surface area contributed by atoms with Crippen molar-refractivity contribution in [1.82, 2.24) is 0 Å². The zero-order chi connectivity index (χ0) is 24.3. The van der Waals surface area contributed by atoms with E-state index in [1.54, 1.807) is 18.2 Å². The van der Waals surface area contributed by atoms with Crippen molar-refractivity contribution in [2.75, 3.05) is 0 Å². The zero-order valence-electron chi connectivity index (χ0n) is 17.1. The van der Waals surface area contributed by atoms with E-state index in [1.807, 2.05) is 35.5 Å². The Balaban J connectivity index is 1.58. The molecule has 4 aromatic rings. The largest absolute Gasteiger partial charge is 0.573 e. The minimum absolute atomic E-state index is 0.145. The number of hydrogen-bond acceptors (Lipinski definition) is 3. The molecule has 0 heterocycles. The number of aliphatic imine (C=N–C) groups is 1. The Morgan fingerprint density at radius 1 is 0.706 bits per heavy atom. The number of benzene rings is 4. The fraction of sp³-hybridized carbons (Fsp3) is 0.0385. The minimum atomic E-state index is -4.74. The number of isothiocyanates is 1. The third-order valence-corrected chi connectivity index (χ3v) is 4.88. The van der Waals surface area contributed by atoms with Crippen LogP contribution in [-0.4, -0.2) is 11.5 Å². The van der Waals surface area contributed by atoms with Crippen molar-refractivity contribution in [2.24, 2.45) is 4.99 Å². The lowest BCUT2D eigenvalue weighted by Gasteiger charge is -2.10. The molecule has 0 saturated heterocycles. The summed E-state index contributed by atoms with van der Waals surface area (Å²) in [6, 6.07) is 18.7. The fourth-order valence-corrected chi connectivity index (χ4v) is 3.38. The van der Waals surface area contributed by atoms with Gasteiger partial charge in [0.05, 0.1) is 5.16 Å². The van der Waals surface area contributed by atoms with Crippen LogP contribution in [0.5, 0.6) is 5.75 Å². The normalized spacial score (nSPS) is 10.9. The van der Waals surface area contributed by atoms with Gasteiger partial charge in [0.25, 0.3) is 0 Å². The van der Waals surface area contributed by atoms with Gasteiger partial charge in [-0.2, -0.15) is 4.99 Å². The molecule has 34 heavy (non-hydrogen) atoms. The highest BCUT2D eigenvalue weighted by atomic mass is 32.1. The third-order valence-electron chi connectivity index (χ3n) is 4.79. The molecule has 0 spiro atoms. The molecule has 0 atom stereocenters. The van der Waals surface area contributed by atoms with E-state index >= 15 is 0 Å². The predicted octanol–water partition coefficient (Wildman–Crippen LogP) is 7.82. The number of thiocarbonyl (C=S) groups is 1. The average Bonchev–Trinajstić information content (AvgIpc) is 2.79. The number of rotatable bonds is 3. The number of alkyl halides is 3. The van der Waals surface area contributed by atoms with Gasteiger partial charge < -0.3 is 4.74 Å². The Bertz CT molecular complexity index is 1470. The second-order valence-electron chi connectivity index (χ2n) is 7.09. The highest BCUT2D eigenvalue weighted by molar-refractivity contribution is 7.78. The Kier molecular flexibility index (Phi) is 6.42. The van der Waals surface area contributed by atoms with Gasteiger partial charge in [-0.05, 0) is 76.6 Å². The Morgan fingerprint density at radius 3 is 1.94 bits per heavy atom. The summed E-state index contributed by atoms with van der Waals surface area (Å²) in [6.45, 7) is 0. The first-order valence-electron chi connectivity index (χ1n) is 9.71. The molecule has 0 amide bonds. The SMILES string of the molecule is Fc1cc(C#Cc2ccc3cc(-c4ccc(OC(F)(F)F)cc4)ccc3c2)cc(F)c1N=C=S. The Labute approximate surface area is 196 Å². The molecule has 0 bridgehead atoms. The van der Waals surface area contributed by atoms with Gasteiger partial charge in [0.2, 0.25) is 0 Å². The number of fused-ring (bicyclic) bond motifs is 1. The standard InChI is InChI=1S/C26H12F5NOS/c27-23-12-17(13-24(28)25(23)32-15-34)2-1-16-3-4-21-14-20(6-5-19(21)11-16)18-7-9-22(10-8-18)33-26(29,30)31/h3-14H. The van der Waals surface area contributed by atoms with Crippen molar-refractivity contribution in [3.63, 3.8) is 0 Å². The number of halogens is 5. The van der Waals surface area contributed by atoms with Gasteiger partial charge in [0.15, 0.2) is 11.6 Å². The topological polar surface area (TPSA) is 21.6 Å². The first kappa shape index (κ1) is 23.1. The monoisotopic (exact) mass is 481 g/mol. The molecule has 0 unspecified atom stereocenters. The summed E-state index contributed by atoms with van der Waals surface area (Å²) in [5.74, 6) is 3.54. The van der Waals surface area contributed by atoms with Crippen LogP contribution < -0.4 is 4.74 Å². The van der Waals surface area contributed by atoms with Crippen LogP contribution in [0.25, 0.3) is 21.9 Å². The van der Waals surface area contributed by atoms with Crippen LogP contribution in [0.15, 0.2) is 77.8 Å². The maximum absolute atomic E-state index is 14.0. The maximum atomic E-state index is 14.0. The molecule has 4 rings (SSSR count). The van der Waals surface area contributed by atoms with Crippen molar-refractivity contribution in [1.29, 1.82) is 0 Å². The van der Waals surface area contributed by atoms with Crippen LogP contribution in [-0.2, 0) is 0 Å². The smallest absolute Gasteiger partial charge is 0.406 e. The summed E-state index contributed by atoms with van der Waals surface area (Å²) in [5.41, 5.74) is 1.81. The molecule has 0 fully saturated rings. The highest BCUT2D eigenvalue weighted by Crippen LogP contribution is 2.29. The first-order valence-corrected chi connectivity index (χ1v) is 10.1. The van der Waals surface area contributed by atoms with Crippen LogP contribution in [0.1, 0.15) is 11.1 Å². The van der Waals surface area contributed by atoms with Crippen LogP contribution in [0.4, 0.5) is 27.6 Å². The maximum Gasteiger partial charge on any atom is 0.573 e. The molecule has 0 aliphatic carbocycles. The second-order valence-corrected chi connectivity index (χ2v) is 7.27. The number of ether oxygens (including phenoxy) is 1. The molecule has 0 saturated carbocycles. The van der Waals surface area contributed by atoms with Crippen molar-refractivity contribution >= 4 is 33.8 Å². The van der Waals surface area contributed by atoms with Gasteiger partial charge in [0, 0.05) is 11.1 Å². The molecule has 2 nitrogen and oxygen atoms in total. The van der Waals surface area contributed by atoms with E-state index in [4.69, 9.17) is 0 Å². The van der Waals surface area contributed by atoms with Crippen molar-refractivity contribution in [2.45, 2.75) is 6.36 Å². The van der Waals surface area contributed by atoms with Crippen LogP contribution >= 0.6 is 12.2 Å². The fourth-order valence-electron chi connectivity index (χ4n) is 3.29. The number of hydrogen-bond donors (Lipinski definition) is 0. The molecular weight excluding hydrogens is 469 g/mol. The van der Waals surface area contributed by atoms with Crippen LogP contribution in [0.2, 0.25) is 0 Å². The van der Waals surface area contributed by atoms with E-state index < -0.39 is 23.7 Å². The van der Waals surface area contributed by atoms with Gasteiger partial charge in [-0.3, -0.25) is 0 Å². The summed E-state index contributed by atoms with van der Waals surface area (Å²) in [4.78, 5) is 3.36. The predicted molar refractivity (Wildman–Crippen MR) is 123 cm³/mol. The summed E-state index contributed by atoms with van der Waals surface area (Å²) in [7, 11) is 0. The molecule has 4 aromatic carbocycles. The lowest BCUT2D eigenvalue weighted by atomic mass is 10.00. The highest BCUT2D eigenvalue weighted by Gasteiger charge is 2.30. The summed E-state index contributed by atoms with van der Waals surface area (Å²) in [6.07, 6.45) is -4.74. The molecule has 0 radical (unpaired) electrons. The molecule has 0 aromatic heterocycles. The van der Waals surface area contributed by atoms with Crippen LogP contribution in [0, 0.1) is 23.5 Å². The summed E-state index contributed by atoms with van der Waals surface area (Å²) in [5, 5.41) is 3.69. The lowest BCUT2D eigenvalue weighted by molar-refractivity contribution is -0.274. The third kappa shape index (κ3) is 5.46. The van der Waals surface area contributed by atoms with Gasteiger partial charge in [-0.15, -0.1) is 13.2 Å². The van der Waals surface area contributed by atoms with E-state index in [2.05, 4.69) is 33.8 Å². The van der Waals surface area contributed by atoms with E-state index in [9.17, 15) is 22.0 Å². The molecule has 8 heteroatoms. The van der Waals surface area contributed by atoms with Gasteiger partial charge in [-0.1, -0.05) is 42.2 Å². The van der Waals surface area contributed by atoms with Crippen molar-refractivity contribution in [3.05, 3.63) is 95.6 Å². The summed E-state index contributed by atoms with van der Waals surface area (Å²) < 4.78 is 68.8. The van der Waals surface area contributed by atoms with E-state index in [0.717, 1.165) is 34.0 Å². The molecule has 0 N–H and O–H groups in total. The quantitative estimate of drug-likeness (QED) is 0.129. The van der Waals surface area contributed by atoms with E-state index in [0.29, 0.717) is 5.56 Å². The van der Waals surface area contributed by atoms with Gasteiger partial charge in [-0.25, -0.2) is 8.78 Å². The van der Waals surface area contributed by atoms with Gasteiger partial charge >= 0.3 is 6.36 Å². The lowest BCUT2D eigenvalue weighted by Crippen LogP contribution is -2.16. The molecule has 168 valence electrons. The minimum Gasteiger partial charge on any atom is -0.406 e. The Hall–Kier alpha value is -4.05. The van der Waals surface area contributed by atoms with Crippen molar-refractivity contribution in [3.8, 4) is 28.7 Å². The van der Waals surface area contributed by atoms with E-state index in [-0.39, 0.29) is 11.3 Å². The van der Waals surface area contributed by atoms with Crippen molar-refractivity contribution < 1.29 is 26.7 Å². The van der Waals surface area contributed by atoms with Gasteiger partial charge in [0.1, 0.15) is 11.4 Å². The molecule has 0 aliphatic rings. The second kappa shape index (κ2) is 9.44. The van der Waals surface area contributed by atoms with E-state index in [1.165, 1.54) is 12.1 Å². The zero-order valence-corrected chi connectivity index (χ0v) is 17.9. The molecule has 0 aliphatic heterocycles. The summed E-state index contributed by atoms with van der Waals surface area (Å²) >= 11 is 4.38. The van der Waals surface area contributed by atoms with Crippen LogP contribution in [0.3, 0.4) is 0 Å². The first-order chi connectivity index (χ1) is 16.2.